The summed E-state index contributed by atoms with van der Waals surface area (Å²) in [4.78, 5) is 4.36. The topological polar surface area (TPSA) is 54.4 Å². The molecule has 0 amide bonds. The van der Waals surface area contributed by atoms with Crippen LogP contribution in [-0.2, 0) is 0 Å². The van der Waals surface area contributed by atoms with Crippen molar-refractivity contribution >= 4 is 10.9 Å². The van der Waals surface area contributed by atoms with Gasteiger partial charge in [-0.3, -0.25) is 4.98 Å². The number of ether oxygens (including phenoxy) is 1. The van der Waals surface area contributed by atoms with E-state index in [-0.39, 0.29) is 12.6 Å². The lowest BCUT2D eigenvalue weighted by molar-refractivity contribution is 0.209. The molecule has 1 atom stereocenters. The van der Waals surface area contributed by atoms with Crippen molar-refractivity contribution < 1.29 is 9.84 Å². The van der Waals surface area contributed by atoms with E-state index in [1.807, 2.05) is 30.3 Å². The Labute approximate surface area is 119 Å². The first-order valence-electron chi connectivity index (χ1n) is 7.16. The van der Waals surface area contributed by atoms with Crippen molar-refractivity contribution in [3.63, 3.8) is 0 Å². The van der Waals surface area contributed by atoms with Crippen molar-refractivity contribution in [1.82, 2.24) is 10.3 Å². The number of aliphatic hydroxyl groups excluding tert-OH is 1. The van der Waals surface area contributed by atoms with Crippen molar-refractivity contribution in [2.45, 2.75) is 25.8 Å². The smallest absolute Gasteiger partial charge is 0.145 e. The number of nitrogens with zero attached hydrogens (tertiary/aromatic N) is 1. The van der Waals surface area contributed by atoms with Crippen LogP contribution in [0, 0.1) is 0 Å². The number of rotatable bonds is 8. The van der Waals surface area contributed by atoms with Gasteiger partial charge in [0.05, 0.1) is 13.2 Å². The molecule has 2 N–H and O–H groups in total. The second-order valence-corrected chi connectivity index (χ2v) is 4.80. The summed E-state index contributed by atoms with van der Waals surface area (Å²) in [7, 11) is 0. The van der Waals surface area contributed by atoms with Crippen molar-refractivity contribution in [3.05, 3.63) is 36.5 Å². The molecule has 4 nitrogen and oxygen atoms in total. The lowest BCUT2D eigenvalue weighted by Gasteiger charge is -2.16. The van der Waals surface area contributed by atoms with E-state index in [2.05, 4.69) is 17.2 Å². The van der Waals surface area contributed by atoms with E-state index in [9.17, 15) is 5.11 Å². The summed E-state index contributed by atoms with van der Waals surface area (Å²) in [6.45, 7) is 3.73. The zero-order chi connectivity index (χ0) is 14.2. The molecule has 2 aromatic rings. The maximum atomic E-state index is 9.29. The third kappa shape index (κ3) is 3.92. The lowest BCUT2D eigenvalue weighted by Crippen LogP contribution is -2.34. The number of fused-ring (bicyclic) bond motifs is 1. The van der Waals surface area contributed by atoms with Gasteiger partial charge in [0, 0.05) is 17.6 Å². The van der Waals surface area contributed by atoms with Crippen LogP contribution in [0.25, 0.3) is 10.9 Å². The molecule has 0 aliphatic rings. The predicted molar refractivity (Wildman–Crippen MR) is 81.0 cm³/mol. The Kier molecular flexibility index (Phi) is 5.77. The number of benzene rings is 1. The number of hydrogen-bond acceptors (Lipinski definition) is 4. The van der Waals surface area contributed by atoms with Crippen LogP contribution in [0.4, 0.5) is 0 Å². The maximum absolute atomic E-state index is 9.29. The first-order chi connectivity index (χ1) is 9.85. The molecule has 1 unspecified atom stereocenters. The average Bonchev–Trinajstić information content (AvgIpc) is 2.51. The zero-order valence-corrected chi connectivity index (χ0v) is 11.9. The fourth-order valence-corrected chi connectivity index (χ4v) is 2.11. The number of hydrogen-bond donors (Lipinski definition) is 2. The third-order valence-electron chi connectivity index (χ3n) is 3.22. The van der Waals surface area contributed by atoms with Gasteiger partial charge in [-0.25, -0.2) is 0 Å². The molecule has 0 aliphatic carbocycles. The number of pyridine rings is 1. The molecule has 1 heterocycles. The highest BCUT2D eigenvalue weighted by molar-refractivity contribution is 5.84. The van der Waals surface area contributed by atoms with Crippen LogP contribution in [0.3, 0.4) is 0 Å². The van der Waals surface area contributed by atoms with Gasteiger partial charge in [0.2, 0.25) is 0 Å². The summed E-state index contributed by atoms with van der Waals surface area (Å²) < 4.78 is 5.82. The Hall–Kier alpha value is -1.65. The van der Waals surface area contributed by atoms with Crippen LogP contribution in [-0.4, -0.2) is 35.9 Å². The van der Waals surface area contributed by atoms with Crippen LogP contribution >= 0.6 is 0 Å². The van der Waals surface area contributed by atoms with Crippen molar-refractivity contribution in [2.24, 2.45) is 0 Å². The van der Waals surface area contributed by atoms with E-state index < -0.39 is 0 Å². The van der Waals surface area contributed by atoms with Gasteiger partial charge in [0.1, 0.15) is 11.3 Å². The summed E-state index contributed by atoms with van der Waals surface area (Å²) >= 11 is 0. The third-order valence-corrected chi connectivity index (χ3v) is 3.22. The van der Waals surface area contributed by atoms with Crippen LogP contribution in [0.1, 0.15) is 19.8 Å². The van der Waals surface area contributed by atoms with Crippen LogP contribution < -0.4 is 10.1 Å². The second kappa shape index (κ2) is 7.82. The molecule has 0 saturated carbocycles. The van der Waals surface area contributed by atoms with E-state index in [0.717, 1.165) is 36.0 Å². The minimum absolute atomic E-state index is 0.0953. The zero-order valence-electron chi connectivity index (χ0n) is 11.9. The molecule has 1 aromatic heterocycles. The van der Waals surface area contributed by atoms with E-state index in [4.69, 9.17) is 4.74 Å². The van der Waals surface area contributed by atoms with Crippen LogP contribution in [0.15, 0.2) is 36.5 Å². The normalized spacial score (nSPS) is 12.5. The average molecular weight is 274 g/mol. The molecule has 0 aliphatic heterocycles. The van der Waals surface area contributed by atoms with Gasteiger partial charge >= 0.3 is 0 Å². The summed E-state index contributed by atoms with van der Waals surface area (Å²) in [5.41, 5.74) is 0.886. The van der Waals surface area contributed by atoms with Crippen LogP contribution in [0.2, 0.25) is 0 Å². The van der Waals surface area contributed by atoms with Gasteiger partial charge in [-0.2, -0.15) is 0 Å². The highest BCUT2D eigenvalue weighted by Gasteiger charge is 2.07. The summed E-state index contributed by atoms with van der Waals surface area (Å²) in [5, 5.41) is 13.7. The van der Waals surface area contributed by atoms with Crippen molar-refractivity contribution in [3.8, 4) is 5.75 Å². The predicted octanol–water partition coefficient (Wildman–Crippen LogP) is 2.36. The molecule has 1 aromatic carbocycles. The molecule has 0 radical (unpaired) electrons. The van der Waals surface area contributed by atoms with Crippen LogP contribution in [0.5, 0.6) is 5.75 Å². The molecule has 108 valence electrons. The van der Waals surface area contributed by atoms with Gasteiger partial charge in [-0.1, -0.05) is 25.1 Å². The van der Waals surface area contributed by atoms with Crippen molar-refractivity contribution in [1.29, 1.82) is 0 Å². The number of aromatic nitrogens is 1. The fourth-order valence-electron chi connectivity index (χ4n) is 2.11. The standard InChI is InChI=1S/C16H22N2O2/c1-2-9-17-14(12-19)8-11-20-15-7-3-5-13-6-4-10-18-16(13)15/h3-7,10,14,17,19H,2,8-9,11-12H2,1H3. The summed E-state index contributed by atoms with van der Waals surface area (Å²) in [6.07, 6.45) is 3.61. The minimum atomic E-state index is 0.0953. The molecule has 0 saturated heterocycles. The molecule has 0 fully saturated rings. The molecule has 2 rings (SSSR count). The Morgan fingerprint density at radius 1 is 1.30 bits per heavy atom. The van der Waals surface area contributed by atoms with Gasteiger partial charge in [0.25, 0.3) is 0 Å². The Balaban J connectivity index is 1.92. The summed E-state index contributed by atoms with van der Waals surface area (Å²) in [5.74, 6) is 0.801. The van der Waals surface area contributed by atoms with Crippen molar-refractivity contribution in [2.75, 3.05) is 19.8 Å². The Morgan fingerprint density at radius 3 is 2.95 bits per heavy atom. The van der Waals surface area contributed by atoms with E-state index >= 15 is 0 Å². The van der Waals surface area contributed by atoms with Gasteiger partial charge in [0.15, 0.2) is 0 Å². The van der Waals surface area contributed by atoms with E-state index in [1.54, 1.807) is 6.20 Å². The highest BCUT2D eigenvalue weighted by Crippen LogP contribution is 2.22. The second-order valence-electron chi connectivity index (χ2n) is 4.80. The Morgan fingerprint density at radius 2 is 2.15 bits per heavy atom. The first kappa shape index (κ1) is 14.8. The molecule has 0 bridgehead atoms. The quantitative estimate of drug-likeness (QED) is 0.776. The SMILES string of the molecule is CCCNC(CO)CCOc1cccc2cccnc12. The minimum Gasteiger partial charge on any atom is -0.491 e. The molecular formula is C16H22N2O2. The molecular weight excluding hydrogens is 252 g/mol. The molecule has 0 spiro atoms. The van der Waals surface area contributed by atoms with Gasteiger partial charge < -0.3 is 15.2 Å². The largest absolute Gasteiger partial charge is 0.491 e. The van der Waals surface area contributed by atoms with Gasteiger partial charge in [-0.05, 0) is 31.5 Å². The molecule has 4 heteroatoms. The Bertz CT molecular complexity index is 525. The highest BCUT2D eigenvalue weighted by atomic mass is 16.5. The maximum Gasteiger partial charge on any atom is 0.145 e. The summed E-state index contributed by atoms with van der Waals surface area (Å²) in [6, 6.07) is 9.96. The van der Waals surface area contributed by atoms with E-state index in [1.165, 1.54) is 0 Å². The number of nitrogens with one attached hydrogen (secondary N) is 1. The lowest BCUT2D eigenvalue weighted by atomic mass is 10.2. The van der Waals surface area contributed by atoms with Gasteiger partial charge in [-0.15, -0.1) is 0 Å². The number of aliphatic hydroxyl groups is 1. The first-order valence-corrected chi connectivity index (χ1v) is 7.16. The number of para-hydroxylation sites is 1. The van der Waals surface area contributed by atoms with E-state index in [0.29, 0.717) is 6.61 Å². The molecule has 20 heavy (non-hydrogen) atoms. The monoisotopic (exact) mass is 274 g/mol. The fraction of sp³-hybridized carbons (Fsp3) is 0.438.